The predicted octanol–water partition coefficient (Wildman–Crippen LogP) is 5.01. The molecule has 0 saturated carbocycles. The molecule has 0 saturated heterocycles. The van der Waals surface area contributed by atoms with E-state index in [4.69, 9.17) is 0 Å². The van der Waals surface area contributed by atoms with E-state index in [9.17, 15) is 8.42 Å². The lowest BCUT2D eigenvalue weighted by atomic mass is 10.1. The molecule has 2 aromatic carbocycles. The van der Waals surface area contributed by atoms with Crippen LogP contribution < -0.4 is 0 Å². The quantitative estimate of drug-likeness (QED) is 0.462. The van der Waals surface area contributed by atoms with Crippen molar-refractivity contribution < 1.29 is 8.42 Å². The van der Waals surface area contributed by atoms with Crippen LogP contribution in [0.4, 0.5) is 0 Å². The Morgan fingerprint density at radius 1 is 0.962 bits per heavy atom. The van der Waals surface area contributed by atoms with Gasteiger partial charge in [-0.3, -0.25) is 0 Å². The summed E-state index contributed by atoms with van der Waals surface area (Å²) in [6.07, 6.45) is 3.26. The highest BCUT2D eigenvalue weighted by atomic mass is 79.9. The molecule has 4 rings (SSSR count). The lowest BCUT2D eigenvalue weighted by molar-refractivity contribution is 0.588. The molecule has 0 bridgehead atoms. The molecular formula is C20H15BrN2O2S. The van der Waals surface area contributed by atoms with Crippen molar-refractivity contribution in [2.45, 2.75) is 11.8 Å². The van der Waals surface area contributed by atoms with E-state index in [1.54, 1.807) is 36.7 Å². The maximum Gasteiger partial charge on any atom is 0.269 e. The van der Waals surface area contributed by atoms with E-state index < -0.39 is 10.0 Å². The zero-order chi connectivity index (χ0) is 18.3. The van der Waals surface area contributed by atoms with Crippen LogP contribution in [0.15, 0.2) is 82.4 Å². The van der Waals surface area contributed by atoms with Crippen molar-refractivity contribution in [1.82, 2.24) is 8.96 Å². The van der Waals surface area contributed by atoms with Crippen LogP contribution in [-0.4, -0.2) is 17.4 Å². The molecule has 0 N–H and O–H groups in total. The van der Waals surface area contributed by atoms with Crippen LogP contribution in [0.3, 0.4) is 0 Å². The molecule has 0 aliphatic heterocycles. The van der Waals surface area contributed by atoms with Gasteiger partial charge in [-0.15, -0.1) is 0 Å². The molecule has 0 radical (unpaired) electrons. The van der Waals surface area contributed by atoms with E-state index in [1.165, 1.54) is 3.97 Å². The highest BCUT2D eigenvalue weighted by Crippen LogP contribution is 2.31. The Morgan fingerprint density at radius 3 is 2.35 bits per heavy atom. The SMILES string of the molecule is Cc1ccc(S(=O)(=O)n2cc(Br)c3cc(-c4ccccc4)cnc32)cc1. The Hall–Kier alpha value is -2.44. The topological polar surface area (TPSA) is 52.0 Å². The number of fused-ring (bicyclic) bond motifs is 1. The van der Waals surface area contributed by atoms with Crippen molar-refractivity contribution in [3.8, 4) is 11.1 Å². The third-order valence-corrected chi connectivity index (χ3v) is 6.54. The third-order valence-electron chi connectivity index (χ3n) is 4.25. The predicted molar refractivity (Wildman–Crippen MR) is 107 cm³/mol. The minimum Gasteiger partial charge on any atom is -0.237 e. The van der Waals surface area contributed by atoms with Gasteiger partial charge in [-0.1, -0.05) is 48.0 Å². The number of benzene rings is 2. The summed E-state index contributed by atoms with van der Waals surface area (Å²) >= 11 is 3.48. The minimum absolute atomic E-state index is 0.237. The molecule has 130 valence electrons. The van der Waals surface area contributed by atoms with Gasteiger partial charge in [-0.05, 0) is 46.6 Å². The van der Waals surface area contributed by atoms with Crippen LogP contribution in [-0.2, 0) is 10.0 Å². The summed E-state index contributed by atoms with van der Waals surface area (Å²) in [4.78, 5) is 4.68. The highest BCUT2D eigenvalue weighted by Gasteiger charge is 2.21. The maximum atomic E-state index is 13.0. The maximum absolute atomic E-state index is 13.0. The van der Waals surface area contributed by atoms with E-state index in [0.717, 1.165) is 22.1 Å². The molecule has 4 aromatic rings. The first-order valence-corrected chi connectivity index (χ1v) is 10.2. The van der Waals surface area contributed by atoms with Gasteiger partial charge in [0.25, 0.3) is 10.0 Å². The standard InChI is InChI=1S/C20H15BrN2O2S/c1-14-7-9-17(10-8-14)26(24,25)23-13-19(21)18-11-16(12-22-20(18)23)15-5-3-2-4-6-15/h2-13H,1H3. The molecule has 0 fully saturated rings. The summed E-state index contributed by atoms with van der Waals surface area (Å²) in [6.45, 7) is 1.92. The van der Waals surface area contributed by atoms with Crippen molar-refractivity contribution in [3.05, 3.63) is 83.1 Å². The van der Waals surface area contributed by atoms with Crippen LogP contribution in [0.25, 0.3) is 22.2 Å². The fraction of sp³-hybridized carbons (Fsp3) is 0.0500. The van der Waals surface area contributed by atoms with E-state index in [1.807, 2.05) is 43.3 Å². The van der Waals surface area contributed by atoms with Crippen molar-refractivity contribution in [2.75, 3.05) is 0 Å². The third kappa shape index (κ3) is 2.85. The van der Waals surface area contributed by atoms with Crippen molar-refractivity contribution in [2.24, 2.45) is 0 Å². The zero-order valence-corrected chi connectivity index (χ0v) is 16.3. The molecular weight excluding hydrogens is 412 g/mol. The van der Waals surface area contributed by atoms with Crippen LogP contribution in [0, 0.1) is 6.92 Å². The summed E-state index contributed by atoms with van der Waals surface area (Å²) in [5, 5.41) is 0.752. The van der Waals surface area contributed by atoms with Gasteiger partial charge in [0.1, 0.15) is 0 Å². The lowest BCUT2D eigenvalue weighted by Gasteiger charge is -2.08. The average molecular weight is 427 g/mol. The van der Waals surface area contributed by atoms with Gasteiger partial charge in [-0.25, -0.2) is 17.4 Å². The second-order valence-electron chi connectivity index (χ2n) is 6.05. The Bertz CT molecular complexity index is 1200. The fourth-order valence-electron chi connectivity index (χ4n) is 2.84. The number of rotatable bonds is 3. The average Bonchev–Trinajstić information content (AvgIpc) is 3.00. The molecule has 0 amide bonds. The van der Waals surface area contributed by atoms with Crippen LogP contribution in [0.5, 0.6) is 0 Å². The van der Waals surface area contributed by atoms with Crippen molar-refractivity contribution in [3.63, 3.8) is 0 Å². The summed E-state index contributed by atoms with van der Waals surface area (Å²) in [7, 11) is -3.71. The first kappa shape index (κ1) is 17.0. The number of aryl methyl sites for hydroxylation is 1. The smallest absolute Gasteiger partial charge is 0.237 e. The van der Waals surface area contributed by atoms with Gasteiger partial charge in [0.05, 0.1) is 4.90 Å². The molecule has 0 atom stereocenters. The zero-order valence-electron chi connectivity index (χ0n) is 13.9. The molecule has 26 heavy (non-hydrogen) atoms. The van der Waals surface area contributed by atoms with Crippen molar-refractivity contribution >= 4 is 37.0 Å². The molecule has 0 unspecified atom stereocenters. The van der Waals surface area contributed by atoms with E-state index in [0.29, 0.717) is 10.1 Å². The summed E-state index contributed by atoms with van der Waals surface area (Å²) in [6, 6.07) is 18.6. The Morgan fingerprint density at radius 2 is 1.65 bits per heavy atom. The van der Waals surface area contributed by atoms with Gasteiger partial charge in [-0.2, -0.15) is 0 Å². The first-order chi connectivity index (χ1) is 12.5. The fourth-order valence-corrected chi connectivity index (χ4v) is 4.79. The van der Waals surface area contributed by atoms with Crippen LogP contribution in [0.1, 0.15) is 5.56 Å². The summed E-state index contributed by atoms with van der Waals surface area (Å²) in [5.74, 6) is 0. The molecule has 2 heterocycles. The van der Waals surface area contributed by atoms with Crippen molar-refractivity contribution in [1.29, 1.82) is 0 Å². The largest absolute Gasteiger partial charge is 0.269 e. The van der Waals surface area contributed by atoms with E-state index >= 15 is 0 Å². The second-order valence-corrected chi connectivity index (χ2v) is 8.72. The Balaban J connectivity index is 1.88. The van der Waals surface area contributed by atoms with E-state index in [-0.39, 0.29) is 4.90 Å². The van der Waals surface area contributed by atoms with Gasteiger partial charge in [0, 0.05) is 27.8 Å². The second kappa shape index (κ2) is 6.37. The first-order valence-electron chi connectivity index (χ1n) is 8.01. The molecule has 0 aliphatic carbocycles. The van der Waals surface area contributed by atoms with Gasteiger partial charge >= 0.3 is 0 Å². The number of hydrogen-bond acceptors (Lipinski definition) is 3. The monoisotopic (exact) mass is 426 g/mol. The lowest BCUT2D eigenvalue weighted by Crippen LogP contribution is -2.12. The van der Waals surface area contributed by atoms with Gasteiger partial charge in [0.2, 0.25) is 0 Å². The molecule has 4 nitrogen and oxygen atoms in total. The molecule has 6 heteroatoms. The highest BCUT2D eigenvalue weighted by molar-refractivity contribution is 9.10. The number of pyridine rings is 1. The van der Waals surface area contributed by atoms with Gasteiger partial charge < -0.3 is 0 Å². The van der Waals surface area contributed by atoms with Gasteiger partial charge in [0.15, 0.2) is 5.65 Å². The molecule has 0 spiro atoms. The molecule has 2 aromatic heterocycles. The van der Waals surface area contributed by atoms with E-state index in [2.05, 4.69) is 20.9 Å². The summed E-state index contributed by atoms with van der Waals surface area (Å²) < 4.78 is 28.0. The van der Waals surface area contributed by atoms with Crippen LogP contribution >= 0.6 is 15.9 Å². The van der Waals surface area contributed by atoms with Crippen LogP contribution in [0.2, 0.25) is 0 Å². The minimum atomic E-state index is -3.71. The Labute approximate surface area is 160 Å². The number of nitrogens with zero attached hydrogens (tertiary/aromatic N) is 2. The summed E-state index contributed by atoms with van der Waals surface area (Å²) in [5.41, 5.74) is 3.37. The molecule has 0 aliphatic rings. The number of halogens is 1. The Kier molecular flexibility index (Phi) is 4.17. The number of hydrogen-bond donors (Lipinski definition) is 0. The number of aromatic nitrogens is 2. The normalized spacial score (nSPS) is 11.8.